The number of hydrogen-bond donors (Lipinski definition) is 0. The maximum atomic E-state index is 12.5. The predicted octanol–water partition coefficient (Wildman–Crippen LogP) is 2.62. The summed E-state index contributed by atoms with van der Waals surface area (Å²) in [6.07, 6.45) is 0. The number of methoxy groups -OCH3 is 2. The second-order valence-electron chi connectivity index (χ2n) is 7.99. The van der Waals surface area contributed by atoms with Crippen molar-refractivity contribution in [3.63, 3.8) is 0 Å². The highest BCUT2D eigenvalue weighted by Crippen LogP contribution is 2.30. The molecule has 0 unspecified atom stereocenters. The van der Waals surface area contributed by atoms with E-state index in [2.05, 4.69) is 24.3 Å². The Morgan fingerprint density at radius 1 is 0.576 bits per heavy atom. The minimum absolute atomic E-state index is 0.368. The highest BCUT2D eigenvalue weighted by atomic mass is 28.3. The Balaban J connectivity index is 1.94. The van der Waals surface area contributed by atoms with Crippen LogP contribution in [0.3, 0.4) is 0 Å². The molecule has 5 rings (SSSR count). The van der Waals surface area contributed by atoms with Gasteiger partial charge in [0.2, 0.25) is 0 Å². The zero-order chi connectivity index (χ0) is 23.0. The lowest BCUT2D eigenvalue weighted by Gasteiger charge is -2.31. The lowest BCUT2D eigenvalue weighted by molar-refractivity contribution is 0.0592. The van der Waals surface area contributed by atoms with Crippen LogP contribution in [0.2, 0.25) is 0 Å². The van der Waals surface area contributed by atoms with E-state index in [4.69, 9.17) is 9.47 Å². The summed E-state index contributed by atoms with van der Waals surface area (Å²) in [5.41, 5.74) is 3.18. The zero-order valence-electron chi connectivity index (χ0n) is 18.4. The number of rotatable bonds is 4. The van der Waals surface area contributed by atoms with Gasteiger partial charge >= 0.3 is 11.9 Å². The molecule has 4 nitrogen and oxygen atoms in total. The molecule has 0 spiro atoms. The van der Waals surface area contributed by atoms with Crippen LogP contribution in [0.4, 0.5) is 0 Å². The smallest absolute Gasteiger partial charge is 0.337 e. The Kier molecular flexibility index (Phi) is 5.19. The van der Waals surface area contributed by atoms with Gasteiger partial charge in [-0.05, 0) is 56.1 Å². The first-order chi connectivity index (χ1) is 16.1. The molecule has 4 aromatic rings. The van der Waals surface area contributed by atoms with E-state index in [0.717, 1.165) is 21.5 Å². The van der Waals surface area contributed by atoms with E-state index in [9.17, 15) is 9.59 Å². The van der Waals surface area contributed by atoms with Gasteiger partial charge in [-0.1, -0.05) is 72.8 Å². The second kappa shape index (κ2) is 8.19. The number of carbonyl (C=O) groups excluding carboxylic acids is 2. The minimum atomic E-state index is -2.82. The van der Waals surface area contributed by atoms with Crippen LogP contribution in [0.25, 0.3) is 11.1 Å². The normalized spacial score (nSPS) is 13.0. The monoisotopic (exact) mass is 450 g/mol. The third-order valence-corrected chi connectivity index (χ3v) is 11.2. The van der Waals surface area contributed by atoms with Crippen LogP contribution < -0.4 is 20.7 Å². The fraction of sp³-hybridized carbons (Fsp3) is 0.0714. The molecule has 0 atom stereocenters. The average Bonchev–Trinajstić information content (AvgIpc) is 3.18. The molecular weight excluding hydrogens is 428 g/mol. The first kappa shape index (κ1) is 20.9. The van der Waals surface area contributed by atoms with Gasteiger partial charge in [0, 0.05) is 0 Å². The molecule has 0 radical (unpaired) electrons. The molecule has 1 heterocycles. The minimum Gasteiger partial charge on any atom is -0.465 e. The van der Waals surface area contributed by atoms with E-state index in [0.29, 0.717) is 11.1 Å². The Bertz CT molecular complexity index is 1260. The van der Waals surface area contributed by atoms with Crippen LogP contribution in [0.15, 0.2) is 97.1 Å². The highest BCUT2D eigenvalue weighted by Gasteiger charge is 2.49. The quantitative estimate of drug-likeness (QED) is 0.312. The van der Waals surface area contributed by atoms with Crippen LogP contribution in [0.5, 0.6) is 0 Å². The van der Waals surface area contributed by atoms with Crippen molar-refractivity contribution in [2.75, 3.05) is 14.2 Å². The van der Waals surface area contributed by atoms with Crippen LogP contribution in [0.1, 0.15) is 20.7 Å². The van der Waals surface area contributed by atoms with Gasteiger partial charge in [0.1, 0.15) is 0 Å². The molecule has 4 aromatic carbocycles. The van der Waals surface area contributed by atoms with Gasteiger partial charge in [0.25, 0.3) is 0 Å². The molecule has 33 heavy (non-hydrogen) atoms. The summed E-state index contributed by atoms with van der Waals surface area (Å²) < 4.78 is 10.1. The van der Waals surface area contributed by atoms with Crippen molar-refractivity contribution in [1.29, 1.82) is 0 Å². The molecule has 0 bridgehead atoms. The number of carbonyl (C=O) groups is 2. The van der Waals surface area contributed by atoms with Gasteiger partial charge in [-0.2, -0.15) is 0 Å². The molecule has 1 aliphatic rings. The fourth-order valence-corrected chi connectivity index (χ4v) is 10.2. The molecule has 0 N–H and O–H groups in total. The highest BCUT2D eigenvalue weighted by molar-refractivity contribution is 7.22. The van der Waals surface area contributed by atoms with Crippen molar-refractivity contribution >= 4 is 40.8 Å². The molecule has 5 heteroatoms. The number of esters is 2. The maximum absolute atomic E-state index is 12.5. The summed E-state index contributed by atoms with van der Waals surface area (Å²) in [5.74, 6) is -0.735. The Labute approximate surface area is 193 Å². The SMILES string of the molecule is COC(=O)c1ccc2c(c1)[Si](c1ccccc1)(c1ccccc1)c1cc(C(=O)OC)ccc1-2. The van der Waals surface area contributed by atoms with Crippen molar-refractivity contribution in [1.82, 2.24) is 0 Å². The van der Waals surface area contributed by atoms with Crippen LogP contribution in [-0.4, -0.2) is 34.2 Å². The Morgan fingerprint density at radius 3 is 1.33 bits per heavy atom. The number of benzene rings is 4. The molecule has 0 amide bonds. The summed E-state index contributed by atoms with van der Waals surface area (Å²) in [4.78, 5) is 25.0. The molecular formula is C28H22O4Si. The largest absolute Gasteiger partial charge is 0.465 e. The fourth-order valence-electron chi connectivity index (χ4n) is 4.98. The molecule has 0 aromatic heterocycles. The van der Waals surface area contributed by atoms with Gasteiger partial charge in [-0.15, -0.1) is 0 Å². The summed E-state index contributed by atoms with van der Waals surface area (Å²) >= 11 is 0. The Hall–Kier alpha value is -3.96. The number of ether oxygens (including phenoxy) is 2. The summed E-state index contributed by atoms with van der Waals surface area (Å²) in [5, 5.41) is 4.58. The molecule has 0 saturated heterocycles. The average molecular weight is 451 g/mol. The van der Waals surface area contributed by atoms with Crippen LogP contribution in [0, 0.1) is 0 Å². The molecule has 0 fully saturated rings. The van der Waals surface area contributed by atoms with E-state index in [1.165, 1.54) is 24.6 Å². The van der Waals surface area contributed by atoms with Crippen molar-refractivity contribution in [2.24, 2.45) is 0 Å². The standard InChI is InChI=1S/C28H22O4Si/c1-31-27(29)19-13-15-23-24-16-14-20(28(30)32-2)18-26(24)33(25(23)17-19,21-9-5-3-6-10-21)22-11-7-4-8-12-22/h3-18H,1-2H3. The van der Waals surface area contributed by atoms with Gasteiger partial charge in [0.15, 0.2) is 8.07 Å². The Morgan fingerprint density at radius 2 is 0.970 bits per heavy atom. The molecule has 162 valence electrons. The number of hydrogen-bond acceptors (Lipinski definition) is 4. The second-order valence-corrected chi connectivity index (χ2v) is 11.7. The molecule has 0 aliphatic carbocycles. The van der Waals surface area contributed by atoms with E-state index < -0.39 is 8.07 Å². The topological polar surface area (TPSA) is 52.6 Å². The summed E-state index contributed by atoms with van der Waals surface area (Å²) in [7, 11) is -0.0317. The number of fused-ring (bicyclic) bond motifs is 3. The van der Waals surface area contributed by atoms with Gasteiger partial charge in [0.05, 0.1) is 25.3 Å². The van der Waals surface area contributed by atoms with Crippen molar-refractivity contribution in [3.8, 4) is 11.1 Å². The first-order valence-electron chi connectivity index (χ1n) is 10.7. The van der Waals surface area contributed by atoms with Gasteiger partial charge < -0.3 is 9.47 Å². The van der Waals surface area contributed by atoms with Crippen LogP contribution in [-0.2, 0) is 9.47 Å². The maximum Gasteiger partial charge on any atom is 0.337 e. The van der Waals surface area contributed by atoms with Gasteiger partial charge in [-0.25, -0.2) is 9.59 Å². The lowest BCUT2D eigenvalue weighted by Crippen LogP contribution is -2.73. The van der Waals surface area contributed by atoms with E-state index >= 15 is 0 Å². The summed E-state index contributed by atoms with van der Waals surface area (Å²) in [6, 6.07) is 32.3. The van der Waals surface area contributed by atoms with E-state index in [1.54, 1.807) is 0 Å². The first-order valence-corrected chi connectivity index (χ1v) is 12.7. The predicted molar refractivity (Wildman–Crippen MR) is 132 cm³/mol. The molecule has 1 aliphatic heterocycles. The van der Waals surface area contributed by atoms with E-state index in [-0.39, 0.29) is 11.9 Å². The third-order valence-electron chi connectivity index (χ3n) is 6.39. The zero-order valence-corrected chi connectivity index (χ0v) is 19.4. The van der Waals surface area contributed by atoms with E-state index in [1.807, 2.05) is 72.8 Å². The van der Waals surface area contributed by atoms with Crippen LogP contribution >= 0.6 is 0 Å². The van der Waals surface area contributed by atoms with Crippen molar-refractivity contribution in [3.05, 3.63) is 108 Å². The van der Waals surface area contributed by atoms with Gasteiger partial charge in [-0.3, -0.25) is 0 Å². The van der Waals surface area contributed by atoms with Crippen molar-refractivity contribution in [2.45, 2.75) is 0 Å². The lowest BCUT2D eigenvalue weighted by atomic mass is 10.0. The molecule has 0 saturated carbocycles. The summed E-state index contributed by atoms with van der Waals surface area (Å²) in [6.45, 7) is 0. The van der Waals surface area contributed by atoms with Crippen molar-refractivity contribution < 1.29 is 19.1 Å². The third kappa shape index (κ3) is 3.12.